The highest BCUT2D eigenvalue weighted by molar-refractivity contribution is 5.97. The van der Waals surface area contributed by atoms with Gasteiger partial charge in [-0.15, -0.1) is 0 Å². The molecule has 2 aliphatic heterocycles. The Morgan fingerprint density at radius 1 is 1.08 bits per heavy atom. The molecule has 0 radical (unpaired) electrons. The lowest BCUT2D eigenvalue weighted by Gasteiger charge is -2.30. The minimum atomic E-state index is -0.769. The molecular weight excluding hydrogens is 468 g/mol. The molecule has 1 saturated heterocycles. The number of rotatable bonds is 5. The van der Waals surface area contributed by atoms with Crippen molar-refractivity contribution in [3.05, 3.63) is 77.5 Å². The molecule has 4 aromatic rings. The van der Waals surface area contributed by atoms with Crippen LogP contribution in [-0.4, -0.2) is 56.3 Å². The van der Waals surface area contributed by atoms with Gasteiger partial charge in [0.05, 0.1) is 24.5 Å². The van der Waals surface area contributed by atoms with E-state index in [1.807, 2.05) is 18.2 Å². The summed E-state index contributed by atoms with van der Waals surface area (Å²) < 4.78 is 41.9. The van der Waals surface area contributed by atoms with Crippen LogP contribution in [0.25, 0.3) is 16.8 Å². The normalized spacial score (nSPS) is 16.4. The number of ether oxygens (including phenoxy) is 2. The molecule has 0 unspecified atom stereocenters. The van der Waals surface area contributed by atoms with Crippen molar-refractivity contribution in [1.82, 2.24) is 24.5 Å². The number of amides is 1. The average Bonchev–Trinajstić information content (AvgIpc) is 3.36. The maximum absolute atomic E-state index is 14.8. The first-order chi connectivity index (χ1) is 17.5. The Balaban J connectivity index is 1.28. The highest BCUT2D eigenvalue weighted by Gasteiger charge is 2.28. The quantitative estimate of drug-likeness (QED) is 0.422. The van der Waals surface area contributed by atoms with Gasteiger partial charge in [-0.3, -0.25) is 9.78 Å². The molecule has 36 heavy (non-hydrogen) atoms. The fourth-order valence-corrected chi connectivity index (χ4v) is 4.72. The van der Waals surface area contributed by atoms with Crippen LogP contribution in [0.1, 0.15) is 34.5 Å². The molecule has 2 aliphatic rings. The van der Waals surface area contributed by atoms with E-state index >= 15 is 0 Å². The number of carbonyl (C=O) groups excluding carboxylic acids is 1. The molecule has 184 valence electrons. The van der Waals surface area contributed by atoms with Crippen LogP contribution >= 0.6 is 0 Å². The Bertz CT molecular complexity index is 1450. The van der Waals surface area contributed by atoms with Crippen molar-refractivity contribution in [3.63, 3.8) is 0 Å². The second kappa shape index (κ2) is 9.27. The van der Waals surface area contributed by atoms with Gasteiger partial charge in [-0.05, 0) is 29.8 Å². The van der Waals surface area contributed by atoms with Gasteiger partial charge in [0.25, 0.3) is 5.91 Å². The molecule has 1 aromatic carbocycles. The summed E-state index contributed by atoms with van der Waals surface area (Å²) in [6, 6.07) is 7.62. The SMILES string of the molecule is O=C1c2cc(-c3ccn4ncnc4c3)cnc2CCN1Cc1cc(F)cc(F)c1OC1CCOCC1. The molecule has 10 heteroatoms. The number of pyridine rings is 2. The molecule has 0 saturated carbocycles. The second-order valence-electron chi connectivity index (χ2n) is 8.98. The summed E-state index contributed by atoms with van der Waals surface area (Å²) in [5.74, 6) is -1.72. The zero-order valence-electron chi connectivity index (χ0n) is 19.4. The lowest BCUT2D eigenvalue weighted by Crippen LogP contribution is -2.38. The van der Waals surface area contributed by atoms with Crippen LogP contribution in [0.15, 0.2) is 49.1 Å². The molecular formula is C26H23F2N5O3. The van der Waals surface area contributed by atoms with Crippen molar-refractivity contribution in [2.24, 2.45) is 0 Å². The van der Waals surface area contributed by atoms with Crippen LogP contribution in [0.2, 0.25) is 0 Å². The van der Waals surface area contributed by atoms with E-state index in [1.165, 1.54) is 12.4 Å². The zero-order valence-corrected chi connectivity index (χ0v) is 19.4. The van der Waals surface area contributed by atoms with E-state index in [0.29, 0.717) is 61.5 Å². The third-order valence-electron chi connectivity index (χ3n) is 6.62. The highest BCUT2D eigenvalue weighted by Crippen LogP contribution is 2.31. The second-order valence-corrected chi connectivity index (χ2v) is 8.98. The molecule has 1 amide bonds. The number of hydrogen-bond acceptors (Lipinski definition) is 6. The molecule has 8 nitrogen and oxygen atoms in total. The van der Waals surface area contributed by atoms with E-state index in [0.717, 1.165) is 17.2 Å². The van der Waals surface area contributed by atoms with E-state index < -0.39 is 11.6 Å². The molecule has 1 fully saturated rings. The number of fused-ring (bicyclic) bond motifs is 2. The molecule has 0 N–H and O–H groups in total. The minimum Gasteiger partial charge on any atom is -0.487 e. The molecule has 6 rings (SSSR count). The van der Waals surface area contributed by atoms with E-state index in [2.05, 4.69) is 15.1 Å². The van der Waals surface area contributed by atoms with Gasteiger partial charge in [0.2, 0.25) is 0 Å². The molecule has 0 atom stereocenters. The number of nitrogens with zero attached hydrogens (tertiary/aromatic N) is 5. The van der Waals surface area contributed by atoms with Gasteiger partial charge in [-0.1, -0.05) is 0 Å². The van der Waals surface area contributed by atoms with E-state index in [1.54, 1.807) is 21.8 Å². The van der Waals surface area contributed by atoms with Gasteiger partial charge >= 0.3 is 0 Å². The molecule has 0 bridgehead atoms. The van der Waals surface area contributed by atoms with Crippen molar-refractivity contribution in [2.75, 3.05) is 19.8 Å². The van der Waals surface area contributed by atoms with Crippen LogP contribution in [-0.2, 0) is 17.7 Å². The van der Waals surface area contributed by atoms with Crippen molar-refractivity contribution >= 4 is 11.6 Å². The number of benzene rings is 1. The first-order valence-corrected chi connectivity index (χ1v) is 11.9. The van der Waals surface area contributed by atoms with Gasteiger partial charge in [-0.2, -0.15) is 5.10 Å². The maximum atomic E-state index is 14.8. The zero-order chi connectivity index (χ0) is 24.6. The van der Waals surface area contributed by atoms with Gasteiger partial charge in [-0.25, -0.2) is 18.3 Å². The minimum absolute atomic E-state index is 0.00428. The largest absolute Gasteiger partial charge is 0.487 e. The van der Waals surface area contributed by atoms with Crippen LogP contribution in [0.4, 0.5) is 8.78 Å². The lowest BCUT2D eigenvalue weighted by atomic mass is 9.99. The Morgan fingerprint density at radius 3 is 2.81 bits per heavy atom. The fraction of sp³-hybridized carbons (Fsp3) is 0.308. The Hall–Kier alpha value is -3.92. The smallest absolute Gasteiger partial charge is 0.256 e. The summed E-state index contributed by atoms with van der Waals surface area (Å²) in [7, 11) is 0. The number of halogens is 2. The Morgan fingerprint density at radius 2 is 1.94 bits per heavy atom. The van der Waals surface area contributed by atoms with E-state index in [9.17, 15) is 13.6 Å². The van der Waals surface area contributed by atoms with Gasteiger partial charge in [0, 0.05) is 61.9 Å². The average molecular weight is 491 g/mol. The monoisotopic (exact) mass is 491 g/mol. The van der Waals surface area contributed by atoms with Crippen LogP contribution in [0.3, 0.4) is 0 Å². The van der Waals surface area contributed by atoms with Crippen LogP contribution in [0.5, 0.6) is 5.75 Å². The molecule has 0 aliphatic carbocycles. The predicted octanol–water partition coefficient (Wildman–Crippen LogP) is 3.83. The summed E-state index contributed by atoms with van der Waals surface area (Å²) in [6.45, 7) is 1.48. The number of aromatic nitrogens is 4. The third-order valence-corrected chi connectivity index (χ3v) is 6.62. The third kappa shape index (κ3) is 4.28. The summed E-state index contributed by atoms with van der Waals surface area (Å²) in [5.41, 5.74) is 3.79. The highest BCUT2D eigenvalue weighted by atomic mass is 19.1. The van der Waals surface area contributed by atoms with Crippen molar-refractivity contribution in [2.45, 2.75) is 31.9 Å². The summed E-state index contributed by atoms with van der Waals surface area (Å²) in [6.07, 6.45) is 6.59. The first-order valence-electron chi connectivity index (χ1n) is 11.9. The summed E-state index contributed by atoms with van der Waals surface area (Å²) in [5, 5.41) is 4.10. The molecule has 3 aromatic heterocycles. The van der Waals surface area contributed by atoms with Crippen molar-refractivity contribution < 1.29 is 23.0 Å². The van der Waals surface area contributed by atoms with Gasteiger partial charge in [0.1, 0.15) is 18.2 Å². The Kier molecular flexibility index (Phi) is 5.80. The van der Waals surface area contributed by atoms with Crippen molar-refractivity contribution in [1.29, 1.82) is 0 Å². The lowest BCUT2D eigenvalue weighted by molar-refractivity contribution is 0.0232. The van der Waals surface area contributed by atoms with Crippen LogP contribution in [0, 0.1) is 11.6 Å². The maximum Gasteiger partial charge on any atom is 0.256 e. The van der Waals surface area contributed by atoms with Gasteiger partial charge < -0.3 is 14.4 Å². The topological polar surface area (TPSA) is 81.9 Å². The molecule has 5 heterocycles. The number of carbonyl (C=O) groups is 1. The predicted molar refractivity (Wildman–Crippen MR) is 125 cm³/mol. The first kappa shape index (κ1) is 22.5. The Labute approximate surface area is 205 Å². The standard InChI is InChI=1S/C26H23F2N5O3/c27-19-9-18(25(22(28)12-19)36-20-3-7-35-8-4-20)14-32-5-2-23-21(26(32)34)10-17(13-29-23)16-1-6-33-24(11-16)30-15-31-33/h1,6,9-13,15,20H,2-5,7-8,14H2. The summed E-state index contributed by atoms with van der Waals surface area (Å²) >= 11 is 0. The van der Waals surface area contributed by atoms with Crippen molar-refractivity contribution in [3.8, 4) is 16.9 Å². The van der Waals surface area contributed by atoms with Crippen LogP contribution < -0.4 is 4.74 Å². The van der Waals surface area contributed by atoms with E-state index in [-0.39, 0.29) is 24.3 Å². The van der Waals surface area contributed by atoms with Gasteiger partial charge in [0.15, 0.2) is 17.2 Å². The summed E-state index contributed by atoms with van der Waals surface area (Å²) in [4.78, 5) is 23.8. The molecule has 0 spiro atoms. The number of hydrogen-bond donors (Lipinski definition) is 0. The van der Waals surface area contributed by atoms with E-state index in [4.69, 9.17) is 9.47 Å². The fourth-order valence-electron chi connectivity index (χ4n) is 4.72.